The van der Waals surface area contributed by atoms with Gasteiger partial charge in [-0.3, -0.25) is 0 Å². The quantitative estimate of drug-likeness (QED) is 0.820. The highest BCUT2D eigenvalue weighted by Gasteiger charge is 2.16. The summed E-state index contributed by atoms with van der Waals surface area (Å²) in [6, 6.07) is 15.1. The molecule has 0 aromatic heterocycles. The first-order valence-corrected chi connectivity index (χ1v) is 8.08. The molecule has 21 heavy (non-hydrogen) atoms. The molecule has 1 atom stereocenters. The molecule has 2 nitrogen and oxygen atoms in total. The summed E-state index contributed by atoms with van der Waals surface area (Å²) in [7, 11) is 2.00. The first kappa shape index (κ1) is 16.1. The van der Waals surface area contributed by atoms with Gasteiger partial charge in [0.1, 0.15) is 5.75 Å². The molecule has 0 aliphatic carbocycles. The van der Waals surface area contributed by atoms with Crippen LogP contribution in [0.4, 0.5) is 0 Å². The number of likely N-dealkylation sites (N-methyl/N-ethyl adjacent to an activating group) is 1. The van der Waals surface area contributed by atoms with Crippen LogP contribution in [0.1, 0.15) is 29.7 Å². The van der Waals surface area contributed by atoms with Crippen molar-refractivity contribution < 1.29 is 4.74 Å². The normalized spacial score (nSPS) is 12.2. The Labute approximate surface area is 135 Å². The maximum Gasteiger partial charge on any atom is 0.124 e. The van der Waals surface area contributed by atoms with Crippen molar-refractivity contribution in [3.8, 4) is 5.75 Å². The van der Waals surface area contributed by atoms with Crippen molar-refractivity contribution in [2.24, 2.45) is 0 Å². The predicted molar refractivity (Wildman–Crippen MR) is 92.0 cm³/mol. The molecular formula is C18H22BrNO. The Morgan fingerprint density at radius 2 is 1.86 bits per heavy atom. The number of halogens is 1. The minimum Gasteiger partial charge on any atom is -0.494 e. The maximum absolute atomic E-state index is 5.77. The lowest BCUT2D eigenvalue weighted by molar-refractivity contribution is 0.332. The molecular weight excluding hydrogens is 326 g/mol. The van der Waals surface area contributed by atoms with Gasteiger partial charge in [-0.2, -0.15) is 0 Å². The van der Waals surface area contributed by atoms with Crippen molar-refractivity contribution in [3.05, 3.63) is 63.6 Å². The van der Waals surface area contributed by atoms with E-state index in [4.69, 9.17) is 4.74 Å². The van der Waals surface area contributed by atoms with E-state index in [2.05, 4.69) is 58.5 Å². The molecule has 2 aromatic carbocycles. The van der Waals surface area contributed by atoms with Crippen LogP contribution in [0.15, 0.2) is 46.9 Å². The van der Waals surface area contributed by atoms with Crippen LogP contribution in [0.3, 0.4) is 0 Å². The summed E-state index contributed by atoms with van der Waals surface area (Å²) in [6.07, 6.45) is 0.938. The summed E-state index contributed by atoms with van der Waals surface area (Å²) in [5.41, 5.74) is 3.80. The number of hydrogen-bond donors (Lipinski definition) is 1. The molecule has 0 saturated carbocycles. The number of rotatable bonds is 6. The van der Waals surface area contributed by atoms with Crippen LogP contribution in [-0.2, 0) is 6.42 Å². The fourth-order valence-electron chi connectivity index (χ4n) is 2.41. The van der Waals surface area contributed by atoms with E-state index in [1.807, 2.05) is 26.1 Å². The Hall–Kier alpha value is -1.32. The van der Waals surface area contributed by atoms with Gasteiger partial charge in [-0.15, -0.1) is 0 Å². The molecule has 3 heteroatoms. The summed E-state index contributed by atoms with van der Waals surface area (Å²) in [4.78, 5) is 0. The number of ether oxygens (including phenoxy) is 1. The summed E-state index contributed by atoms with van der Waals surface area (Å²) >= 11 is 3.56. The molecule has 0 saturated heterocycles. The van der Waals surface area contributed by atoms with Crippen LogP contribution in [0, 0.1) is 6.92 Å². The second-order valence-corrected chi connectivity index (χ2v) is 6.06. The Morgan fingerprint density at radius 3 is 2.48 bits per heavy atom. The van der Waals surface area contributed by atoms with E-state index in [-0.39, 0.29) is 6.04 Å². The maximum atomic E-state index is 5.77. The molecule has 0 radical (unpaired) electrons. The van der Waals surface area contributed by atoms with Crippen molar-refractivity contribution in [2.75, 3.05) is 13.7 Å². The van der Waals surface area contributed by atoms with Crippen LogP contribution in [0.25, 0.3) is 0 Å². The number of nitrogens with one attached hydrogen (secondary N) is 1. The first-order chi connectivity index (χ1) is 10.1. The third kappa shape index (κ3) is 4.32. The molecule has 0 heterocycles. The van der Waals surface area contributed by atoms with E-state index in [1.165, 1.54) is 16.7 Å². The van der Waals surface area contributed by atoms with E-state index in [0.29, 0.717) is 6.61 Å². The van der Waals surface area contributed by atoms with Crippen molar-refractivity contribution in [2.45, 2.75) is 26.3 Å². The summed E-state index contributed by atoms with van der Waals surface area (Å²) in [6.45, 7) is 4.80. The van der Waals surface area contributed by atoms with Crippen LogP contribution in [0.2, 0.25) is 0 Å². The molecule has 0 bridgehead atoms. The monoisotopic (exact) mass is 347 g/mol. The van der Waals surface area contributed by atoms with Gasteiger partial charge in [-0.25, -0.2) is 0 Å². The molecule has 112 valence electrons. The number of benzene rings is 2. The molecule has 1 N–H and O–H groups in total. The van der Waals surface area contributed by atoms with Crippen LogP contribution < -0.4 is 10.1 Å². The zero-order chi connectivity index (χ0) is 15.2. The van der Waals surface area contributed by atoms with Crippen molar-refractivity contribution in [3.63, 3.8) is 0 Å². The van der Waals surface area contributed by atoms with Gasteiger partial charge in [0, 0.05) is 16.1 Å². The van der Waals surface area contributed by atoms with Crippen molar-refractivity contribution in [1.82, 2.24) is 5.32 Å². The molecule has 0 fully saturated rings. The lowest BCUT2D eigenvalue weighted by atomic mass is 9.97. The molecule has 2 rings (SSSR count). The molecule has 0 aliphatic rings. The molecule has 0 spiro atoms. The lowest BCUT2D eigenvalue weighted by Gasteiger charge is -2.20. The van der Waals surface area contributed by atoms with E-state index in [9.17, 15) is 0 Å². The second kappa shape index (κ2) is 7.62. The van der Waals surface area contributed by atoms with Crippen LogP contribution in [0.5, 0.6) is 5.75 Å². The van der Waals surface area contributed by atoms with Gasteiger partial charge in [-0.05, 0) is 51.1 Å². The first-order valence-electron chi connectivity index (χ1n) is 7.29. The molecule has 2 aromatic rings. The third-order valence-electron chi connectivity index (χ3n) is 3.56. The van der Waals surface area contributed by atoms with Gasteiger partial charge in [0.05, 0.1) is 6.61 Å². The largest absolute Gasteiger partial charge is 0.494 e. The highest BCUT2D eigenvalue weighted by molar-refractivity contribution is 9.10. The second-order valence-electron chi connectivity index (χ2n) is 5.15. The Kier molecular flexibility index (Phi) is 5.83. The third-order valence-corrected chi connectivity index (χ3v) is 4.05. The number of aryl methyl sites for hydroxylation is 1. The van der Waals surface area contributed by atoms with Gasteiger partial charge < -0.3 is 10.1 Å². The van der Waals surface area contributed by atoms with Crippen molar-refractivity contribution >= 4 is 15.9 Å². The average Bonchev–Trinajstić information content (AvgIpc) is 2.49. The minimum absolute atomic E-state index is 0.228. The van der Waals surface area contributed by atoms with Crippen LogP contribution >= 0.6 is 15.9 Å². The van der Waals surface area contributed by atoms with Gasteiger partial charge in [-0.1, -0.05) is 45.8 Å². The van der Waals surface area contributed by atoms with Gasteiger partial charge in [0.2, 0.25) is 0 Å². The van der Waals surface area contributed by atoms with Crippen molar-refractivity contribution in [1.29, 1.82) is 0 Å². The standard InChI is InChI=1S/C18H22BrNO/c1-4-21-18-10-9-15(19)12-16(18)17(20-3)11-14-7-5-13(2)6-8-14/h5-10,12,17,20H,4,11H2,1-3H3. The SMILES string of the molecule is CCOc1ccc(Br)cc1C(Cc1ccc(C)cc1)NC. The summed E-state index contributed by atoms with van der Waals surface area (Å²) < 4.78 is 6.84. The average molecular weight is 348 g/mol. The zero-order valence-electron chi connectivity index (χ0n) is 12.8. The fourth-order valence-corrected chi connectivity index (χ4v) is 2.78. The highest BCUT2D eigenvalue weighted by atomic mass is 79.9. The Morgan fingerprint density at radius 1 is 1.14 bits per heavy atom. The minimum atomic E-state index is 0.228. The van der Waals surface area contributed by atoms with Crippen LogP contribution in [-0.4, -0.2) is 13.7 Å². The smallest absolute Gasteiger partial charge is 0.124 e. The summed E-state index contributed by atoms with van der Waals surface area (Å²) in [5, 5.41) is 3.41. The lowest BCUT2D eigenvalue weighted by Crippen LogP contribution is -2.20. The number of hydrogen-bond acceptors (Lipinski definition) is 2. The van der Waals surface area contributed by atoms with E-state index >= 15 is 0 Å². The van der Waals surface area contributed by atoms with E-state index < -0.39 is 0 Å². The Bertz CT molecular complexity index is 580. The van der Waals surface area contributed by atoms with Gasteiger partial charge >= 0.3 is 0 Å². The van der Waals surface area contributed by atoms with E-state index in [0.717, 1.165) is 16.6 Å². The fraction of sp³-hybridized carbons (Fsp3) is 0.333. The molecule has 0 amide bonds. The molecule has 0 aliphatic heterocycles. The van der Waals surface area contributed by atoms with E-state index in [1.54, 1.807) is 0 Å². The predicted octanol–water partition coefficient (Wildman–Crippen LogP) is 4.66. The zero-order valence-corrected chi connectivity index (χ0v) is 14.4. The topological polar surface area (TPSA) is 21.3 Å². The highest BCUT2D eigenvalue weighted by Crippen LogP contribution is 2.30. The summed E-state index contributed by atoms with van der Waals surface area (Å²) in [5.74, 6) is 0.951. The van der Waals surface area contributed by atoms with Gasteiger partial charge in [0.15, 0.2) is 0 Å². The Balaban J connectivity index is 2.27. The van der Waals surface area contributed by atoms with Gasteiger partial charge in [0.25, 0.3) is 0 Å². The molecule has 1 unspecified atom stereocenters.